The lowest BCUT2D eigenvalue weighted by molar-refractivity contribution is -0.149. The molecule has 0 radical (unpaired) electrons. The van der Waals surface area contributed by atoms with Crippen molar-refractivity contribution in [3.05, 3.63) is 22.7 Å². The Morgan fingerprint density at radius 3 is 2.79 bits per heavy atom. The van der Waals surface area contributed by atoms with Crippen LogP contribution in [0, 0.1) is 0 Å². The maximum atomic E-state index is 12.0. The number of ether oxygens (including phenoxy) is 1. The zero-order chi connectivity index (χ0) is 14.6. The maximum Gasteiger partial charge on any atom is 0.336 e. The molecule has 0 aliphatic carbocycles. The minimum Gasteiger partial charge on any atom is -0.467 e. The third-order valence-electron chi connectivity index (χ3n) is 2.18. The first-order valence-corrected chi connectivity index (χ1v) is 7.36. The Morgan fingerprint density at radius 1 is 1.58 bits per heavy atom. The third kappa shape index (κ3) is 4.16. The first-order chi connectivity index (χ1) is 8.77. The van der Waals surface area contributed by atoms with Crippen molar-refractivity contribution < 1.29 is 23.1 Å². The number of nitrogen functional groups attached to an aromatic ring is 1. The summed E-state index contributed by atoms with van der Waals surface area (Å²) < 4.78 is 30.6. The number of aliphatic hydroxyl groups excluding tert-OH is 1. The van der Waals surface area contributed by atoms with Crippen LogP contribution in [0.1, 0.15) is 0 Å². The number of nitrogens with two attached hydrogens (primary N) is 1. The van der Waals surface area contributed by atoms with Gasteiger partial charge in [-0.25, -0.2) is 17.9 Å². The van der Waals surface area contributed by atoms with Crippen LogP contribution in [0.15, 0.2) is 27.6 Å². The fourth-order valence-corrected chi connectivity index (χ4v) is 3.25. The number of benzene rings is 1. The Labute approximate surface area is 118 Å². The van der Waals surface area contributed by atoms with Crippen LogP contribution < -0.4 is 10.5 Å². The molecule has 7 nitrogen and oxygen atoms in total. The molecule has 9 heteroatoms. The van der Waals surface area contributed by atoms with Gasteiger partial charge in [-0.15, -0.1) is 0 Å². The molecule has 4 N–H and O–H groups in total. The molecule has 0 aromatic heterocycles. The highest BCUT2D eigenvalue weighted by atomic mass is 79.9. The highest BCUT2D eigenvalue weighted by Gasteiger charge is 2.22. The molecule has 1 unspecified atom stereocenters. The van der Waals surface area contributed by atoms with Crippen molar-refractivity contribution in [2.45, 2.75) is 11.0 Å². The van der Waals surface area contributed by atoms with Crippen LogP contribution in [-0.2, 0) is 19.6 Å². The van der Waals surface area contributed by atoms with Crippen LogP contribution in [0.2, 0.25) is 0 Å². The van der Waals surface area contributed by atoms with Crippen LogP contribution in [-0.4, -0.2) is 39.3 Å². The van der Waals surface area contributed by atoms with E-state index in [1.54, 1.807) is 0 Å². The molecule has 1 rings (SSSR count). The average Bonchev–Trinajstić information content (AvgIpc) is 2.37. The average molecular weight is 353 g/mol. The number of aliphatic hydroxyl groups is 1. The Bertz CT molecular complexity index is 575. The predicted molar refractivity (Wildman–Crippen MR) is 71.8 cm³/mol. The Hall–Kier alpha value is -1.16. The van der Waals surface area contributed by atoms with E-state index in [0.29, 0.717) is 4.47 Å². The van der Waals surface area contributed by atoms with Gasteiger partial charge in [0, 0.05) is 16.7 Å². The molecule has 106 valence electrons. The number of carbonyl (C=O) groups excluding carboxylic acids is 1. The molecule has 0 aliphatic heterocycles. The summed E-state index contributed by atoms with van der Waals surface area (Å²) in [5.41, 5.74) is 5.79. The summed E-state index contributed by atoms with van der Waals surface area (Å²) in [6.07, 6.45) is -1.57. The number of methoxy groups -OCH3 is 1. The first-order valence-electron chi connectivity index (χ1n) is 5.08. The van der Waals surface area contributed by atoms with Crippen LogP contribution >= 0.6 is 15.9 Å². The highest BCUT2D eigenvalue weighted by Crippen LogP contribution is 2.23. The van der Waals surface area contributed by atoms with E-state index in [1.807, 2.05) is 0 Å². The second kappa shape index (κ2) is 6.33. The summed E-state index contributed by atoms with van der Waals surface area (Å²) >= 11 is 3.09. The lowest BCUT2D eigenvalue weighted by Gasteiger charge is -2.11. The van der Waals surface area contributed by atoms with E-state index in [-0.39, 0.29) is 10.6 Å². The normalized spacial score (nSPS) is 13.0. The number of esters is 1. The number of nitrogens with one attached hydrogen (secondary N) is 1. The molecule has 0 heterocycles. The smallest absolute Gasteiger partial charge is 0.336 e. The van der Waals surface area contributed by atoms with Gasteiger partial charge in [0.15, 0.2) is 6.10 Å². The largest absolute Gasteiger partial charge is 0.467 e. The quantitative estimate of drug-likeness (QED) is 0.500. The van der Waals surface area contributed by atoms with Gasteiger partial charge in [-0.3, -0.25) is 0 Å². The molecule has 0 bridgehead atoms. The maximum absolute atomic E-state index is 12.0. The molecule has 0 fully saturated rings. The molecular formula is C10H13BrN2O5S. The van der Waals surface area contributed by atoms with Gasteiger partial charge >= 0.3 is 5.97 Å². The lowest BCUT2D eigenvalue weighted by atomic mass is 10.3. The van der Waals surface area contributed by atoms with Gasteiger partial charge in [0.2, 0.25) is 10.0 Å². The van der Waals surface area contributed by atoms with Gasteiger partial charge in [0.25, 0.3) is 0 Å². The van der Waals surface area contributed by atoms with Crippen molar-refractivity contribution in [2.75, 3.05) is 19.4 Å². The van der Waals surface area contributed by atoms with Gasteiger partial charge in [-0.05, 0) is 34.1 Å². The van der Waals surface area contributed by atoms with Crippen molar-refractivity contribution in [3.8, 4) is 0 Å². The minimum absolute atomic E-state index is 0.0791. The standard InChI is InChI=1S/C10H13BrN2O5S/c1-18-10(15)8(14)5-13-19(16,17)9-4-6(12)2-3-7(9)11/h2-4,8,13-14H,5,12H2,1H3. The van der Waals surface area contributed by atoms with Crippen molar-refractivity contribution in [1.29, 1.82) is 0 Å². The fraction of sp³-hybridized carbons (Fsp3) is 0.300. The molecule has 0 spiro atoms. The van der Waals surface area contributed by atoms with E-state index in [4.69, 9.17) is 5.73 Å². The van der Waals surface area contributed by atoms with Crippen molar-refractivity contribution in [1.82, 2.24) is 4.72 Å². The van der Waals surface area contributed by atoms with Crippen LogP contribution in [0.25, 0.3) is 0 Å². The predicted octanol–water partition coefficient (Wildman–Crippen LogP) is -0.156. The topological polar surface area (TPSA) is 119 Å². The van der Waals surface area contributed by atoms with Gasteiger partial charge in [0.1, 0.15) is 0 Å². The number of sulfonamides is 1. The zero-order valence-corrected chi connectivity index (χ0v) is 12.4. The lowest BCUT2D eigenvalue weighted by Crippen LogP contribution is -2.37. The van der Waals surface area contributed by atoms with E-state index < -0.39 is 28.6 Å². The number of halogens is 1. The van der Waals surface area contributed by atoms with Crippen molar-refractivity contribution in [3.63, 3.8) is 0 Å². The Morgan fingerprint density at radius 2 is 2.21 bits per heavy atom. The number of rotatable bonds is 5. The number of hydrogen-bond acceptors (Lipinski definition) is 6. The molecule has 1 atom stereocenters. The van der Waals surface area contributed by atoms with Gasteiger partial charge < -0.3 is 15.6 Å². The summed E-state index contributed by atoms with van der Waals surface area (Å²) in [5, 5.41) is 9.31. The Kier molecular flexibility index (Phi) is 5.29. The summed E-state index contributed by atoms with van der Waals surface area (Å²) in [6, 6.07) is 4.28. The van der Waals surface area contributed by atoms with Crippen molar-refractivity contribution >= 4 is 37.6 Å². The summed E-state index contributed by atoms with van der Waals surface area (Å²) in [5.74, 6) is -0.922. The summed E-state index contributed by atoms with van der Waals surface area (Å²) in [4.78, 5) is 10.9. The van der Waals surface area contributed by atoms with E-state index in [2.05, 4.69) is 25.4 Å². The Balaban J connectivity index is 2.87. The minimum atomic E-state index is -3.89. The van der Waals surface area contributed by atoms with Crippen LogP contribution in [0.4, 0.5) is 5.69 Å². The van der Waals surface area contributed by atoms with Crippen molar-refractivity contribution in [2.24, 2.45) is 0 Å². The molecule has 0 saturated heterocycles. The van der Waals surface area contributed by atoms with E-state index in [0.717, 1.165) is 7.11 Å². The molecule has 19 heavy (non-hydrogen) atoms. The second-order valence-electron chi connectivity index (χ2n) is 3.58. The van der Waals surface area contributed by atoms with Crippen LogP contribution in [0.5, 0.6) is 0 Å². The summed E-state index contributed by atoms with van der Waals surface area (Å²) in [6.45, 7) is -0.490. The van der Waals surface area contributed by atoms with E-state index >= 15 is 0 Å². The van der Waals surface area contributed by atoms with Gasteiger partial charge in [0.05, 0.1) is 12.0 Å². The summed E-state index contributed by atoms with van der Waals surface area (Å²) in [7, 11) is -2.80. The van der Waals surface area contributed by atoms with Crippen LogP contribution in [0.3, 0.4) is 0 Å². The molecular weight excluding hydrogens is 340 g/mol. The molecule has 1 aromatic carbocycles. The third-order valence-corrected chi connectivity index (χ3v) is 4.60. The number of anilines is 1. The van der Waals surface area contributed by atoms with E-state index in [1.165, 1.54) is 18.2 Å². The highest BCUT2D eigenvalue weighted by molar-refractivity contribution is 9.10. The molecule has 1 aromatic rings. The number of carbonyl (C=O) groups is 1. The van der Waals surface area contributed by atoms with Gasteiger partial charge in [-0.1, -0.05) is 0 Å². The second-order valence-corrected chi connectivity index (χ2v) is 6.17. The molecule has 0 amide bonds. The van der Waals surface area contributed by atoms with Gasteiger partial charge in [-0.2, -0.15) is 0 Å². The molecule has 0 saturated carbocycles. The zero-order valence-electron chi connectivity index (χ0n) is 9.96. The SMILES string of the molecule is COC(=O)C(O)CNS(=O)(=O)c1cc(N)ccc1Br. The van der Waals surface area contributed by atoms with E-state index in [9.17, 15) is 18.3 Å². The fourth-order valence-electron chi connectivity index (χ4n) is 1.21. The monoisotopic (exact) mass is 352 g/mol. The number of hydrogen-bond donors (Lipinski definition) is 3. The first kappa shape index (κ1) is 15.9. The molecule has 0 aliphatic rings.